The standard InChI is InChI=1S/C17H20F3N3O2S2/c18-17(19,20)12-25-9-2-4-22-5-7-23(8-6-22)16(24)14-11-21-15(27-14)13-3-1-10-26-13/h1,3,10-11H,2,4-9,12H2. The smallest absolute Gasteiger partial charge is 0.372 e. The number of alkyl halides is 3. The molecule has 1 amide bonds. The molecule has 5 nitrogen and oxygen atoms in total. The lowest BCUT2D eigenvalue weighted by Crippen LogP contribution is -2.48. The van der Waals surface area contributed by atoms with Crippen molar-refractivity contribution in [3.8, 4) is 9.88 Å². The van der Waals surface area contributed by atoms with Crippen molar-refractivity contribution in [3.05, 3.63) is 28.6 Å². The molecule has 0 unspecified atom stereocenters. The SMILES string of the molecule is O=C(c1cnc(-c2cccs2)s1)N1CCN(CCCOCC(F)(F)F)CC1. The average Bonchev–Trinajstić information content (AvgIpc) is 3.32. The molecule has 1 aliphatic heterocycles. The molecule has 27 heavy (non-hydrogen) atoms. The Morgan fingerprint density at radius 3 is 2.70 bits per heavy atom. The van der Waals surface area contributed by atoms with Crippen LogP contribution in [-0.4, -0.2) is 72.8 Å². The number of aromatic nitrogens is 1. The van der Waals surface area contributed by atoms with Gasteiger partial charge in [-0.25, -0.2) is 4.98 Å². The first-order valence-electron chi connectivity index (χ1n) is 8.58. The van der Waals surface area contributed by atoms with Crippen LogP contribution in [0.25, 0.3) is 9.88 Å². The van der Waals surface area contributed by atoms with Gasteiger partial charge in [-0.15, -0.1) is 22.7 Å². The molecular formula is C17H20F3N3O2S2. The van der Waals surface area contributed by atoms with Crippen molar-refractivity contribution in [2.75, 3.05) is 45.9 Å². The van der Waals surface area contributed by atoms with E-state index in [-0.39, 0.29) is 12.5 Å². The molecule has 10 heteroatoms. The fourth-order valence-corrected chi connectivity index (χ4v) is 4.48. The number of nitrogens with zero attached hydrogens (tertiary/aromatic N) is 3. The molecule has 0 saturated carbocycles. The highest BCUT2D eigenvalue weighted by Crippen LogP contribution is 2.29. The van der Waals surface area contributed by atoms with E-state index in [2.05, 4.69) is 14.6 Å². The topological polar surface area (TPSA) is 45.7 Å². The average molecular weight is 419 g/mol. The van der Waals surface area contributed by atoms with Gasteiger partial charge in [0, 0.05) is 39.3 Å². The summed E-state index contributed by atoms with van der Waals surface area (Å²) < 4.78 is 40.6. The Labute approximate surface area is 163 Å². The van der Waals surface area contributed by atoms with E-state index in [0.29, 0.717) is 44.0 Å². The van der Waals surface area contributed by atoms with Crippen molar-refractivity contribution in [1.82, 2.24) is 14.8 Å². The first-order chi connectivity index (χ1) is 12.9. The third kappa shape index (κ3) is 6.00. The minimum atomic E-state index is -4.27. The summed E-state index contributed by atoms with van der Waals surface area (Å²) in [6, 6.07) is 3.94. The number of thiazole rings is 1. The molecule has 1 saturated heterocycles. The summed E-state index contributed by atoms with van der Waals surface area (Å²) in [5.74, 6) is -0.0107. The fraction of sp³-hybridized carbons (Fsp3) is 0.529. The van der Waals surface area contributed by atoms with Crippen LogP contribution in [0.15, 0.2) is 23.7 Å². The predicted molar refractivity (Wildman–Crippen MR) is 99.3 cm³/mol. The highest BCUT2D eigenvalue weighted by Gasteiger charge is 2.27. The highest BCUT2D eigenvalue weighted by atomic mass is 32.1. The molecule has 0 radical (unpaired) electrons. The molecule has 2 aromatic rings. The van der Waals surface area contributed by atoms with Crippen molar-refractivity contribution in [2.45, 2.75) is 12.6 Å². The number of ether oxygens (including phenoxy) is 1. The van der Waals surface area contributed by atoms with Crippen LogP contribution in [0.3, 0.4) is 0 Å². The van der Waals surface area contributed by atoms with Crippen LogP contribution in [-0.2, 0) is 4.74 Å². The molecule has 2 aromatic heterocycles. The van der Waals surface area contributed by atoms with Gasteiger partial charge in [0.15, 0.2) is 0 Å². The van der Waals surface area contributed by atoms with Crippen LogP contribution in [0.4, 0.5) is 13.2 Å². The molecule has 0 aromatic carbocycles. The second-order valence-corrected chi connectivity index (χ2v) is 8.14. The van der Waals surface area contributed by atoms with Gasteiger partial charge in [0.25, 0.3) is 5.91 Å². The van der Waals surface area contributed by atoms with E-state index in [0.717, 1.165) is 9.88 Å². The van der Waals surface area contributed by atoms with Gasteiger partial charge in [0.05, 0.1) is 11.1 Å². The van der Waals surface area contributed by atoms with Gasteiger partial charge in [0.2, 0.25) is 0 Å². The summed E-state index contributed by atoms with van der Waals surface area (Å²) in [4.78, 5) is 22.6. The van der Waals surface area contributed by atoms with E-state index in [1.165, 1.54) is 11.3 Å². The zero-order chi connectivity index (χ0) is 19.3. The monoisotopic (exact) mass is 419 g/mol. The van der Waals surface area contributed by atoms with Gasteiger partial charge in [-0.3, -0.25) is 9.69 Å². The van der Waals surface area contributed by atoms with Crippen LogP contribution in [0, 0.1) is 0 Å². The van der Waals surface area contributed by atoms with Crippen LogP contribution in [0.2, 0.25) is 0 Å². The van der Waals surface area contributed by atoms with Crippen molar-refractivity contribution < 1.29 is 22.7 Å². The van der Waals surface area contributed by atoms with E-state index >= 15 is 0 Å². The lowest BCUT2D eigenvalue weighted by molar-refractivity contribution is -0.174. The quantitative estimate of drug-likeness (QED) is 0.644. The van der Waals surface area contributed by atoms with Gasteiger partial charge in [-0.2, -0.15) is 13.2 Å². The number of carbonyl (C=O) groups excluding carboxylic acids is 1. The van der Waals surface area contributed by atoms with E-state index < -0.39 is 12.8 Å². The molecule has 0 atom stereocenters. The zero-order valence-electron chi connectivity index (χ0n) is 14.6. The Balaban J connectivity index is 1.39. The van der Waals surface area contributed by atoms with Crippen molar-refractivity contribution in [3.63, 3.8) is 0 Å². The number of piperazine rings is 1. The Morgan fingerprint density at radius 2 is 2.04 bits per heavy atom. The predicted octanol–water partition coefficient (Wildman–Crippen LogP) is 3.60. The maximum Gasteiger partial charge on any atom is 0.411 e. The van der Waals surface area contributed by atoms with Crippen LogP contribution in [0.1, 0.15) is 16.1 Å². The number of amides is 1. The molecule has 0 aliphatic carbocycles. The fourth-order valence-electron chi connectivity index (χ4n) is 2.80. The van der Waals surface area contributed by atoms with Gasteiger partial charge >= 0.3 is 6.18 Å². The molecule has 148 valence electrons. The number of thiophene rings is 1. The Hall–Kier alpha value is -1.49. The van der Waals surface area contributed by atoms with Crippen LogP contribution < -0.4 is 0 Å². The largest absolute Gasteiger partial charge is 0.411 e. The lowest BCUT2D eigenvalue weighted by atomic mass is 10.3. The van der Waals surface area contributed by atoms with E-state index in [9.17, 15) is 18.0 Å². The molecular weight excluding hydrogens is 399 g/mol. The third-order valence-electron chi connectivity index (χ3n) is 4.14. The Morgan fingerprint density at radius 1 is 1.26 bits per heavy atom. The summed E-state index contributed by atoms with van der Waals surface area (Å²) in [7, 11) is 0. The Bertz CT molecular complexity index is 726. The second kappa shape index (κ2) is 9.13. The van der Waals surface area contributed by atoms with Crippen LogP contribution in [0.5, 0.6) is 0 Å². The highest BCUT2D eigenvalue weighted by molar-refractivity contribution is 7.21. The number of halogens is 3. The van der Waals surface area contributed by atoms with E-state index in [1.54, 1.807) is 17.5 Å². The third-order valence-corrected chi connectivity index (χ3v) is 6.16. The second-order valence-electron chi connectivity index (χ2n) is 6.16. The number of carbonyl (C=O) groups is 1. The molecule has 0 N–H and O–H groups in total. The molecule has 1 fully saturated rings. The van der Waals surface area contributed by atoms with Crippen molar-refractivity contribution >= 4 is 28.6 Å². The van der Waals surface area contributed by atoms with Gasteiger partial charge in [-0.1, -0.05) is 6.07 Å². The van der Waals surface area contributed by atoms with E-state index in [4.69, 9.17) is 0 Å². The Kier molecular flexibility index (Phi) is 6.85. The van der Waals surface area contributed by atoms with Gasteiger partial charge in [0.1, 0.15) is 16.5 Å². The summed E-state index contributed by atoms with van der Waals surface area (Å²) in [6.45, 7) is 2.19. The first kappa shape index (κ1) is 20.2. The number of rotatable bonds is 7. The lowest BCUT2D eigenvalue weighted by Gasteiger charge is -2.34. The minimum Gasteiger partial charge on any atom is -0.372 e. The molecule has 0 bridgehead atoms. The first-order valence-corrected chi connectivity index (χ1v) is 10.3. The van der Waals surface area contributed by atoms with Crippen molar-refractivity contribution in [2.24, 2.45) is 0 Å². The number of hydrogen-bond acceptors (Lipinski definition) is 6. The number of hydrogen-bond donors (Lipinski definition) is 0. The molecule has 0 spiro atoms. The summed E-state index contributed by atoms with van der Waals surface area (Å²) in [5, 5.41) is 2.83. The van der Waals surface area contributed by atoms with Crippen LogP contribution >= 0.6 is 22.7 Å². The summed E-state index contributed by atoms with van der Waals surface area (Å²) in [6.07, 6.45) is -2.10. The summed E-state index contributed by atoms with van der Waals surface area (Å²) >= 11 is 2.99. The normalized spacial score (nSPS) is 16.0. The molecule has 3 rings (SSSR count). The van der Waals surface area contributed by atoms with Gasteiger partial charge in [-0.05, 0) is 17.9 Å². The minimum absolute atomic E-state index is 0.0107. The van der Waals surface area contributed by atoms with E-state index in [1.807, 2.05) is 22.4 Å². The maximum atomic E-state index is 12.6. The van der Waals surface area contributed by atoms with Gasteiger partial charge < -0.3 is 9.64 Å². The summed E-state index contributed by atoms with van der Waals surface area (Å²) in [5.41, 5.74) is 0. The molecule has 3 heterocycles. The zero-order valence-corrected chi connectivity index (χ0v) is 16.2. The maximum absolute atomic E-state index is 12.6. The molecule has 1 aliphatic rings. The van der Waals surface area contributed by atoms with Crippen molar-refractivity contribution in [1.29, 1.82) is 0 Å².